The van der Waals surface area contributed by atoms with E-state index in [2.05, 4.69) is 4.90 Å². The summed E-state index contributed by atoms with van der Waals surface area (Å²) in [5.74, 6) is -0.464. The molecule has 5 heteroatoms. The fourth-order valence-electron chi connectivity index (χ4n) is 2.21. The lowest BCUT2D eigenvalue weighted by molar-refractivity contribution is 0.0793. The number of carbonyl (C=O) groups is 1. The Kier molecular flexibility index (Phi) is 3.84. The summed E-state index contributed by atoms with van der Waals surface area (Å²) < 4.78 is 0. The van der Waals surface area contributed by atoms with Gasteiger partial charge >= 0.3 is 0 Å². The normalized spacial score (nSPS) is 17.8. The number of nitrogens with zero attached hydrogens (tertiary/aromatic N) is 1. The number of likely N-dealkylation sites (tertiary alicyclic amines) is 1. The molecule has 1 saturated heterocycles. The molecule has 1 aliphatic rings. The van der Waals surface area contributed by atoms with E-state index in [0.717, 1.165) is 38.0 Å². The number of piperidine rings is 1. The van der Waals surface area contributed by atoms with E-state index in [1.54, 1.807) is 12.1 Å². The number of nitrogens with two attached hydrogens (primary N) is 2. The molecule has 0 radical (unpaired) electrons. The van der Waals surface area contributed by atoms with E-state index >= 15 is 0 Å². The molecule has 1 aliphatic heterocycles. The third-order valence-electron chi connectivity index (χ3n) is 3.38. The molecule has 1 fully saturated rings. The Balaban J connectivity index is 2.03. The van der Waals surface area contributed by atoms with Crippen molar-refractivity contribution in [2.75, 3.05) is 18.8 Å². The van der Waals surface area contributed by atoms with Crippen molar-refractivity contribution in [3.63, 3.8) is 0 Å². The predicted molar refractivity (Wildman–Crippen MR) is 69.9 cm³/mol. The van der Waals surface area contributed by atoms with Gasteiger partial charge in [0.1, 0.15) is 0 Å². The third kappa shape index (κ3) is 3.00. The number of rotatable bonds is 3. The van der Waals surface area contributed by atoms with Gasteiger partial charge in [-0.1, -0.05) is 6.07 Å². The van der Waals surface area contributed by atoms with Crippen LogP contribution >= 0.6 is 0 Å². The lowest BCUT2D eigenvalue weighted by atomic mass is 10.0. The molecule has 1 aromatic rings. The number of nitrogen functional groups attached to an aromatic ring is 1. The molecule has 98 valence electrons. The van der Waals surface area contributed by atoms with Crippen molar-refractivity contribution in [3.05, 3.63) is 29.3 Å². The van der Waals surface area contributed by atoms with Gasteiger partial charge in [-0.2, -0.15) is 0 Å². The SMILES string of the molecule is NC(=O)c1ccc(CN2CCC(O)CC2)c(N)c1. The average molecular weight is 249 g/mol. The van der Waals surface area contributed by atoms with Crippen LogP contribution < -0.4 is 11.5 Å². The van der Waals surface area contributed by atoms with Crippen LogP contribution in [0.1, 0.15) is 28.8 Å². The van der Waals surface area contributed by atoms with Gasteiger partial charge in [-0.3, -0.25) is 9.69 Å². The van der Waals surface area contributed by atoms with Crippen molar-refractivity contribution in [3.8, 4) is 0 Å². The number of primary amides is 1. The van der Waals surface area contributed by atoms with Crippen LogP contribution in [0.4, 0.5) is 5.69 Å². The number of aliphatic hydroxyl groups is 1. The summed E-state index contributed by atoms with van der Waals surface area (Å²) in [6.45, 7) is 2.49. The van der Waals surface area contributed by atoms with Crippen molar-refractivity contribution in [1.82, 2.24) is 4.90 Å². The first-order chi connectivity index (χ1) is 8.56. The van der Waals surface area contributed by atoms with Crippen LogP contribution in [0, 0.1) is 0 Å². The smallest absolute Gasteiger partial charge is 0.248 e. The first-order valence-corrected chi connectivity index (χ1v) is 6.15. The number of hydrogen-bond acceptors (Lipinski definition) is 4. The van der Waals surface area contributed by atoms with E-state index in [1.165, 1.54) is 0 Å². The summed E-state index contributed by atoms with van der Waals surface area (Å²) >= 11 is 0. The molecule has 1 aromatic carbocycles. The minimum Gasteiger partial charge on any atom is -0.398 e. The molecule has 0 aromatic heterocycles. The van der Waals surface area contributed by atoms with Crippen LogP contribution in [-0.2, 0) is 6.54 Å². The summed E-state index contributed by atoms with van der Waals surface area (Å²) in [6, 6.07) is 5.17. The zero-order chi connectivity index (χ0) is 13.1. The van der Waals surface area contributed by atoms with Gasteiger partial charge in [0.15, 0.2) is 0 Å². The minimum atomic E-state index is -0.464. The number of carbonyl (C=O) groups excluding carboxylic acids is 1. The molecular formula is C13H19N3O2. The van der Waals surface area contributed by atoms with E-state index in [4.69, 9.17) is 11.5 Å². The molecule has 5 N–H and O–H groups in total. The molecule has 0 bridgehead atoms. The van der Waals surface area contributed by atoms with Crippen LogP contribution in [0.15, 0.2) is 18.2 Å². The third-order valence-corrected chi connectivity index (χ3v) is 3.38. The van der Waals surface area contributed by atoms with Crippen LogP contribution in [-0.4, -0.2) is 35.1 Å². The van der Waals surface area contributed by atoms with Gasteiger partial charge < -0.3 is 16.6 Å². The second kappa shape index (κ2) is 5.37. The van der Waals surface area contributed by atoms with Crippen LogP contribution in [0.2, 0.25) is 0 Å². The molecule has 2 rings (SSSR count). The Hall–Kier alpha value is -1.59. The van der Waals surface area contributed by atoms with Gasteiger partial charge in [0.2, 0.25) is 5.91 Å². The highest BCUT2D eigenvalue weighted by atomic mass is 16.3. The summed E-state index contributed by atoms with van der Waals surface area (Å²) in [5.41, 5.74) is 13.1. The molecule has 1 heterocycles. The Labute approximate surface area is 106 Å². The maximum atomic E-state index is 11.0. The van der Waals surface area contributed by atoms with Crippen molar-refractivity contribution >= 4 is 11.6 Å². The van der Waals surface area contributed by atoms with Crippen molar-refractivity contribution in [2.24, 2.45) is 5.73 Å². The lowest BCUT2D eigenvalue weighted by Crippen LogP contribution is -2.35. The predicted octanol–water partition coefficient (Wildman–Crippen LogP) is 0.324. The first kappa shape index (κ1) is 12.9. The maximum absolute atomic E-state index is 11.0. The van der Waals surface area contributed by atoms with Gasteiger partial charge in [0.05, 0.1) is 6.10 Å². The number of hydrogen-bond donors (Lipinski definition) is 3. The summed E-state index contributed by atoms with van der Waals surface area (Å²) in [5, 5.41) is 9.44. The highest BCUT2D eigenvalue weighted by molar-refractivity contribution is 5.93. The van der Waals surface area contributed by atoms with E-state index in [9.17, 15) is 9.90 Å². The fraction of sp³-hybridized carbons (Fsp3) is 0.462. The highest BCUT2D eigenvalue weighted by Gasteiger charge is 2.17. The monoisotopic (exact) mass is 249 g/mol. The van der Waals surface area contributed by atoms with Crippen LogP contribution in [0.25, 0.3) is 0 Å². The van der Waals surface area contributed by atoms with Crippen molar-refractivity contribution in [2.45, 2.75) is 25.5 Å². The van der Waals surface area contributed by atoms with Gasteiger partial charge in [0, 0.05) is 30.9 Å². The Morgan fingerprint density at radius 3 is 2.61 bits per heavy atom. The minimum absolute atomic E-state index is 0.171. The lowest BCUT2D eigenvalue weighted by Gasteiger charge is -2.29. The van der Waals surface area contributed by atoms with Crippen LogP contribution in [0.5, 0.6) is 0 Å². The largest absolute Gasteiger partial charge is 0.398 e. The number of benzene rings is 1. The molecule has 18 heavy (non-hydrogen) atoms. The Morgan fingerprint density at radius 2 is 2.06 bits per heavy atom. The van der Waals surface area contributed by atoms with E-state index in [-0.39, 0.29) is 6.10 Å². The summed E-state index contributed by atoms with van der Waals surface area (Å²) in [6.07, 6.45) is 1.44. The van der Waals surface area contributed by atoms with Crippen LogP contribution in [0.3, 0.4) is 0 Å². The molecule has 0 unspecified atom stereocenters. The van der Waals surface area contributed by atoms with Crippen molar-refractivity contribution in [1.29, 1.82) is 0 Å². The van der Waals surface area contributed by atoms with E-state index in [1.807, 2.05) is 6.07 Å². The van der Waals surface area contributed by atoms with Gasteiger partial charge in [-0.05, 0) is 30.5 Å². The number of aliphatic hydroxyl groups excluding tert-OH is 1. The Bertz CT molecular complexity index is 440. The Morgan fingerprint density at radius 1 is 1.39 bits per heavy atom. The van der Waals surface area contributed by atoms with E-state index in [0.29, 0.717) is 11.3 Å². The molecule has 1 amide bonds. The quantitative estimate of drug-likeness (QED) is 0.673. The zero-order valence-corrected chi connectivity index (χ0v) is 10.3. The fourth-order valence-corrected chi connectivity index (χ4v) is 2.21. The number of anilines is 1. The molecule has 0 spiro atoms. The second-order valence-electron chi connectivity index (χ2n) is 4.79. The number of amides is 1. The molecule has 0 saturated carbocycles. The van der Waals surface area contributed by atoms with Crippen molar-refractivity contribution < 1.29 is 9.90 Å². The summed E-state index contributed by atoms with van der Waals surface area (Å²) in [7, 11) is 0. The topological polar surface area (TPSA) is 92.6 Å². The summed E-state index contributed by atoms with van der Waals surface area (Å²) in [4.78, 5) is 13.3. The molecule has 0 atom stereocenters. The molecule has 5 nitrogen and oxygen atoms in total. The first-order valence-electron chi connectivity index (χ1n) is 6.15. The van der Waals surface area contributed by atoms with E-state index < -0.39 is 5.91 Å². The zero-order valence-electron chi connectivity index (χ0n) is 10.3. The highest BCUT2D eigenvalue weighted by Crippen LogP contribution is 2.19. The standard InChI is InChI=1S/C13H19N3O2/c14-12-7-9(13(15)18)1-2-10(12)8-16-5-3-11(17)4-6-16/h1-2,7,11,17H,3-6,8,14H2,(H2,15,18). The average Bonchev–Trinajstić information content (AvgIpc) is 2.34. The van der Waals surface area contributed by atoms with Gasteiger partial charge in [-0.15, -0.1) is 0 Å². The second-order valence-corrected chi connectivity index (χ2v) is 4.79. The molecule has 0 aliphatic carbocycles. The molecular weight excluding hydrogens is 230 g/mol. The van der Waals surface area contributed by atoms with Gasteiger partial charge in [-0.25, -0.2) is 0 Å². The maximum Gasteiger partial charge on any atom is 0.248 e. The van der Waals surface area contributed by atoms with Gasteiger partial charge in [0.25, 0.3) is 0 Å².